The number of likely N-dealkylation sites (tertiary alicyclic amines) is 1. The van der Waals surface area contributed by atoms with Crippen LogP contribution < -0.4 is 15.4 Å². The maximum atomic E-state index is 12.3. The number of aliphatic imine (C=N–C) groups is 1. The van der Waals surface area contributed by atoms with Crippen molar-refractivity contribution in [2.45, 2.75) is 37.2 Å². The Balaban J connectivity index is 0.00000420. The van der Waals surface area contributed by atoms with Gasteiger partial charge >= 0.3 is 0 Å². The molecule has 1 aromatic rings. The quantitative estimate of drug-likeness (QED) is 0.180. The smallest absolute Gasteiger partial charge is 0.240 e. The van der Waals surface area contributed by atoms with E-state index >= 15 is 0 Å². The van der Waals surface area contributed by atoms with Crippen LogP contribution in [0, 0.1) is 0 Å². The Bertz CT molecular complexity index is 745. The van der Waals surface area contributed by atoms with E-state index in [1.807, 2.05) is 6.07 Å². The minimum Gasteiger partial charge on any atom is -0.383 e. The number of nitrogens with zero attached hydrogens (tertiary/aromatic N) is 2. The molecule has 1 aliphatic rings. The number of rotatable bonds is 10. The highest BCUT2D eigenvalue weighted by atomic mass is 127. The lowest BCUT2D eigenvalue weighted by molar-refractivity contribution is 0.204. The largest absolute Gasteiger partial charge is 0.383 e. The molecule has 3 N–H and O–H groups in total. The van der Waals surface area contributed by atoms with Gasteiger partial charge in [-0.1, -0.05) is 19.1 Å². The highest BCUT2D eigenvalue weighted by molar-refractivity contribution is 14.0. The van der Waals surface area contributed by atoms with E-state index in [1.165, 1.54) is 20.0 Å². The molecule has 1 atom stereocenters. The molecule has 1 heterocycles. The summed E-state index contributed by atoms with van der Waals surface area (Å²) >= 11 is 0. The van der Waals surface area contributed by atoms with Gasteiger partial charge in [-0.05, 0) is 43.6 Å². The van der Waals surface area contributed by atoms with E-state index in [0.717, 1.165) is 31.2 Å². The monoisotopic (exact) mass is 539 g/mol. The van der Waals surface area contributed by atoms with Gasteiger partial charge in [0.1, 0.15) is 0 Å². The van der Waals surface area contributed by atoms with Gasteiger partial charge in [0.05, 0.1) is 11.5 Å². The molecule has 29 heavy (non-hydrogen) atoms. The number of guanidine groups is 1. The van der Waals surface area contributed by atoms with Crippen molar-refractivity contribution in [3.63, 3.8) is 0 Å². The molecule has 2 rings (SSSR count). The van der Waals surface area contributed by atoms with Gasteiger partial charge in [-0.25, -0.2) is 13.1 Å². The molecular formula is C19H34IN5O3S. The minimum absolute atomic E-state index is 0. The van der Waals surface area contributed by atoms with Gasteiger partial charge in [-0.3, -0.25) is 9.89 Å². The average molecular weight is 539 g/mol. The summed E-state index contributed by atoms with van der Waals surface area (Å²) in [4.78, 5) is 6.99. The third-order valence-corrected chi connectivity index (χ3v) is 6.36. The summed E-state index contributed by atoms with van der Waals surface area (Å²) in [5.41, 5.74) is 0.869. The number of benzene rings is 1. The molecule has 8 nitrogen and oxygen atoms in total. The normalized spacial score (nSPS) is 17.8. The van der Waals surface area contributed by atoms with E-state index in [-0.39, 0.29) is 35.4 Å². The Morgan fingerprint density at radius 1 is 1.34 bits per heavy atom. The second-order valence-corrected chi connectivity index (χ2v) is 8.54. The van der Waals surface area contributed by atoms with Crippen LogP contribution in [-0.4, -0.2) is 72.3 Å². The van der Waals surface area contributed by atoms with Gasteiger partial charge in [0.2, 0.25) is 10.0 Å². The molecular weight excluding hydrogens is 505 g/mol. The van der Waals surface area contributed by atoms with Crippen LogP contribution in [0.2, 0.25) is 0 Å². The molecule has 1 saturated heterocycles. The van der Waals surface area contributed by atoms with E-state index in [9.17, 15) is 8.42 Å². The standard InChI is InChI=1S/C19H33N5O3S.HI/c1-4-24-11-6-8-17(24)15-22-19(20-2)21-14-16-7-5-9-18(13-16)28(25,26)23-10-12-27-3;/h5,7,9,13,17,23H,4,6,8,10-12,14-15H2,1-3H3,(H2,20,21,22);1H. The fourth-order valence-corrected chi connectivity index (χ4v) is 4.43. The van der Waals surface area contributed by atoms with Gasteiger partial charge in [0, 0.05) is 39.8 Å². The van der Waals surface area contributed by atoms with E-state index in [4.69, 9.17) is 4.74 Å². The molecule has 166 valence electrons. The average Bonchev–Trinajstić information content (AvgIpc) is 3.16. The predicted octanol–water partition coefficient (Wildman–Crippen LogP) is 1.38. The number of likely N-dealkylation sites (N-methyl/N-ethyl adjacent to an activating group) is 1. The molecule has 0 amide bonds. The minimum atomic E-state index is -3.54. The summed E-state index contributed by atoms with van der Waals surface area (Å²) < 4.78 is 32.1. The van der Waals surface area contributed by atoms with Crippen molar-refractivity contribution in [2.75, 3.05) is 46.9 Å². The first-order valence-corrected chi connectivity index (χ1v) is 11.2. The Morgan fingerprint density at radius 2 is 2.14 bits per heavy atom. The maximum absolute atomic E-state index is 12.3. The van der Waals surface area contributed by atoms with Crippen LogP contribution in [0.15, 0.2) is 34.2 Å². The number of hydrogen-bond acceptors (Lipinski definition) is 5. The number of sulfonamides is 1. The molecule has 0 bridgehead atoms. The molecule has 0 radical (unpaired) electrons. The summed E-state index contributed by atoms with van der Waals surface area (Å²) in [5, 5.41) is 6.64. The van der Waals surface area contributed by atoms with Crippen LogP contribution in [0.4, 0.5) is 0 Å². The fourth-order valence-electron chi connectivity index (χ4n) is 3.35. The lowest BCUT2D eigenvalue weighted by Gasteiger charge is -2.24. The number of ether oxygens (including phenoxy) is 1. The lowest BCUT2D eigenvalue weighted by atomic mass is 10.2. The van der Waals surface area contributed by atoms with Crippen molar-refractivity contribution in [1.82, 2.24) is 20.3 Å². The maximum Gasteiger partial charge on any atom is 0.240 e. The van der Waals surface area contributed by atoms with E-state index in [1.54, 1.807) is 25.2 Å². The third-order valence-electron chi connectivity index (χ3n) is 4.90. The summed E-state index contributed by atoms with van der Waals surface area (Å²) in [5.74, 6) is 0.717. The van der Waals surface area contributed by atoms with Crippen molar-refractivity contribution < 1.29 is 13.2 Å². The van der Waals surface area contributed by atoms with Crippen molar-refractivity contribution in [3.05, 3.63) is 29.8 Å². The van der Waals surface area contributed by atoms with Gasteiger partial charge in [-0.2, -0.15) is 0 Å². The molecule has 1 aliphatic heterocycles. The second-order valence-electron chi connectivity index (χ2n) is 6.77. The van der Waals surface area contributed by atoms with Crippen LogP contribution in [0.25, 0.3) is 0 Å². The zero-order valence-electron chi connectivity index (χ0n) is 17.5. The summed E-state index contributed by atoms with van der Waals surface area (Å²) in [7, 11) is -0.265. The lowest BCUT2D eigenvalue weighted by Crippen LogP contribution is -2.44. The van der Waals surface area contributed by atoms with Gasteiger partial charge in [0.15, 0.2) is 5.96 Å². The molecule has 1 fully saturated rings. The first-order valence-electron chi connectivity index (χ1n) is 9.76. The first-order chi connectivity index (χ1) is 13.5. The highest BCUT2D eigenvalue weighted by Gasteiger charge is 2.22. The topological polar surface area (TPSA) is 95.1 Å². The molecule has 0 aliphatic carbocycles. The molecule has 0 saturated carbocycles. The molecule has 0 aromatic heterocycles. The van der Waals surface area contributed by atoms with E-state index < -0.39 is 10.0 Å². The zero-order chi connectivity index (χ0) is 20.4. The highest BCUT2D eigenvalue weighted by Crippen LogP contribution is 2.15. The van der Waals surface area contributed by atoms with E-state index in [2.05, 4.69) is 32.2 Å². The molecule has 1 unspecified atom stereocenters. The fraction of sp³-hybridized carbons (Fsp3) is 0.632. The number of methoxy groups -OCH3 is 1. The number of halogens is 1. The van der Waals surface area contributed by atoms with E-state index in [0.29, 0.717) is 19.2 Å². The SMILES string of the molecule is CCN1CCCC1CNC(=NC)NCc1cccc(S(=O)(=O)NCCOC)c1.I. The van der Waals surface area contributed by atoms with Crippen molar-refractivity contribution in [1.29, 1.82) is 0 Å². The first kappa shape index (κ1) is 26.1. The zero-order valence-corrected chi connectivity index (χ0v) is 20.6. The second kappa shape index (κ2) is 13.4. The van der Waals surface area contributed by atoms with Gasteiger partial charge in [0.25, 0.3) is 0 Å². The third kappa shape index (κ3) is 8.36. The Morgan fingerprint density at radius 3 is 2.83 bits per heavy atom. The Hall–Kier alpha value is -0.950. The predicted molar refractivity (Wildman–Crippen MR) is 127 cm³/mol. The van der Waals surface area contributed by atoms with Crippen LogP contribution in [0.3, 0.4) is 0 Å². The summed E-state index contributed by atoms with van der Waals surface area (Å²) in [6.45, 7) is 6.34. The number of nitrogens with one attached hydrogen (secondary N) is 3. The van der Waals surface area contributed by atoms with Gasteiger partial charge in [-0.15, -0.1) is 24.0 Å². The van der Waals surface area contributed by atoms with Crippen LogP contribution in [0.1, 0.15) is 25.3 Å². The molecule has 1 aromatic carbocycles. The van der Waals surface area contributed by atoms with Crippen molar-refractivity contribution >= 4 is 40.0 Å². The van der Waals surface area contributed by atoms with Crippen LogP contribution in [-0.2, 0) is 21.3 Å². The van der Waals surface area contributed by atoms with Crippen molar-refractivity contribution in [3.8, 4) is 0 Å². The molecule has 0 spiro atoms. The summed E-state index contributed by atoms with van der Waals surface area (Å²) in [6.07, 6.45) is 2.44. The number of hydrogen-bond donors (Lipinski definition) is 3. The van der Waals surface area contributed by atoms with Crippen LogP contribution >= 0.6 is 24.0 Å². The van der Waals surface area contributed by atoms with Crippen molar-refractivity contribution in [2.24, 2.45) is 4.99 Å². The van der Waals surface area contributed by atoms with Crippen LogP contribution in [0.5, 0.6) is 0 Å². The van der Waals surface area contributed by atoms with Gasteiger partial charge < -0.3 is 15.4 Å². The molecule has 10 heteroatoms. The summed E-state index contributed by atoms with van der Waals surface area (Å²) in [6, 6.07) is 7.44. The Labute approximate surface area is 191 Å². The Kier molecular flexibility index (Phi) is 12.0.